The number of fused-ring (bicyclic) bond motifs is 1. The number of carbonyl (C=O) groups excluding carboxylic acids is 1. The molecule has 3 aliphatic rings. The smallest absolute Gasteiger partial charge is 0.257 e. The summed E-state index contributed by atoms with van der Waals surface area (Å²) < 4.78 is 5.83. The third-order valence-corrected chi connectivity index (χ3v) is 7.58. The van der Waals surface area contributed by atoms with Crippen LogP contribution < -0.4 is 4.90 Å². The van der Waals surface area contributed by atoms with Crippen LogP contribution in [-0.2, 0) is 13.0 Å². The maximum atomic E-state index is 13.3. The SMILES string of the molecule is C[C@@H]1Cc2ccccc2N1Cc1occc1C(=O)N1CC[C@H](C2CCN(C)CC2)C1. The second kappa shape index (κ2) is 8.10. The standard InChI is InChI=1S/C25H33N3O2/c1-18-15-20-5-3-4-6-23(20)28(18)17-24-22(10-14-30-24)25(29)27-13-9-21(16-27)19-7-11-26(2)12-8-19/h3-6,10,14,18-19,21H,7-9,11-13,15-17H2,1-2H3/t18-,21+/m1/s1. The van der Waals surface area contributed by atoms with Gasteiger partial charge in [-0.15, -0.1) is 0 Å². The quantitative estimate of drug-likeness (QED) is 0.767. The Hall–Kier alpha value is -2.27. The maximum Gasteiger partial charge on any atom is 0.257 e. The number of rotatable bonds is 4. The third kappa shape index (κ3) is 3.64. The van der Waals surface area contributed by atoms with Crippen molar-refractivity contribution in [3.8, 4) is 0 Å². The topological polar surface area (TPSA) is 39.9 Å². The maximum absolute atomic E-state index is 13.3. The van der Waals surface area contributed by atoms with E-state index in [1.54, 1.807) is 6.26 Å². The molecule has 5 heteroatoms. The Bertz CT molecular complexity index is 899. The highest BCUT2D eigenvalue weighted by atomic mass is 16.3. The molecule has 0 radical (unpaired) electrons. The van der Waals surface area contributed by atoms with Crippen molar-refractivity contribution in [2.45, 2.75) is 45.2 Å². The van der Waals surface area contributed by atoms with Gasteiger partial charge in [-0.1, -0.05) is 18.2 Å². The molecule has 4 heterocycles. The minimum Gasteiger partial charge on any atom is -0.467 e. The predicted molar refractivity (Wildman–Crippen MR) is 119 cm³/mol. The first-order valence-electron chi connectivity index (χ1n) is 11.5. The lowest BCUT2D eigenvalue weighted by Crippen LogP contribution is -2.35. The van der Waals surface area contributed by atoms with Crippen LogP contribution in [0.1, 0.15) is 47.9 Å². The fourth-order valence-electron chi connectivity index (χ4n) is 5.71. The number of furan rings is 1. The zero-order valence-corrected chi connectivity index (χ0v) is 18.2. The highest BCUT2D eigenvalue weighted by Gasteiger charge is 2.35. The lowest BCUT2D eigenvalue weighted by Gasteiger charge is -2.32. The normalized spacial score (nSPS) is 25.1. The van der Waals surface area contributed by atoms with E-state index >= 15 is 0 Å². The fourth-order valence-corrected chi connectivity index (χ4v) is 5.71. The zero-order chi connectivity index (χ0) is 20.7. The number of likely N-dealkylation sites (tertiary alicyclic amines) is 2. The van der Waals surface area contributed by atoms with Crippen molar-refractivity contribution in [1.29, 1.82) is 0 Å². The summed E-state index contributed by atoms with van der Waals surface area (Å²) in [6.07, 6.45) is 6.41. The van der Waals surface area contributed by atoms with Gasteiger partial charge in [0.15, 0.2) is 0 Å². The van der Waals surface area contributed by atoms with Crippen molar-refractivity contribution in [2.24, 2.45) is 11.8 Å². The molecular formula is C25H33N3O2. The first kappa shape index (κ1) is 19.7. The van der Waals surface area contributed by atoms with Gasteiger partial charge in [0.2, 0.25) is 0 Å². The summed E-state index contributed by atoms with van der Waals surface area (Å²) in [5.41, 5.74) is 3.39. The van der Waals surface area contributed by atoms with Gasteiger partial charge < -0.3 is 19.1 Å². The Kier molecular flexibility index (Phi) is 5.32. The lowest BCUT2D eigenvalue weighted by molar-refractivity contribution is 0.0773. The number of benzene rings is 1. The van der Waals surface area contributed by atoms with E-state index in [1.807, 2.05) is 6.07 Å². The van der Waals surface area contributed by atoms with Crippen molar-refractivity contribution in [3.63, 3.8) is 0 Å². The van der Waals surface area contributed by atoms with Crippen molar-refractivity contribution in [2.75, 3.05) is 38.1 Å². The van der Waals surface area contributed by atoms with Gasteiger partial charge in [0.25, 0.3) is 5.91 Å². The second-order valence-corrected chi connectivity index (χ2v) is 9.51. The van der Waals surface area contributed by atoms with E-state index in [0.29, 0.717) is 18.5 Å². The molecule has 2 fully saturated rings. The van der Waals surface area contributed by atoms with Gasteiger partial charge in [0.1, 0.15) is 5.76 Å². The first-order chi connectivity index (χ1) is 14.6. The molecule has 0 saturated carbocycles. The van der Waals surface area contributed by atoms with E-state index in [-0.39, 0.29) is 5.91 Å². The van der Waals surface area contributed by atoms with Gasteiger partial charge in [-0.2, -0.15) is 0 Å². The Labute approximate surface area is 179 Å². The van der Waals surface area contributed by atoms with Crippen LogP contribution in [0.5, 0.6) is 0 Å². The Morgan fingerprint density at radius 3 is 2.67 bits per heavy atom. The average Bonchev–Trinajstić information content (AvgIpc) is 3.48. The summed E-state index contributed by atoms with van der Waals surface area (Å²) in [6, 6.07) is 10.9. The van der Waals surface area contributed by atoms with Crippen molar-refractivity contribution >= 4 is 11.6 Å². The van der Waals surface area contributed by atoms with E-state index in [2.05, 4.69) is 52.9 Å². The highest BCUT2D eigenvalue weighted by molar-refractivity contribution is 5.95. The van der Waals surface area contributed by atoms with E-state index < -0.39 is 0 Å². The molecule has 2 saturated heterocycles. The molecule has 0 bridgehead atoms. The van der Waals surface area contributed by atoms with E-state index in [9.17, 15) is 4.79 Å². The third-order valence-electron chi connectivity index (χ3n) is 7.58. The predicted octanol–water partition coefficient (Wildman–Crippen LogP) is 4.03. The van der Waals surface area contributed by atoms with Crippen LogP contribution in [0, 0.1) is 11.8 Å². The van der Waals surface area contributed by atoms with Gasteiger partial charge in [0.05, 0.1) is 18.4 Å². The van der Waals surface area contributed by atoms with Crippen LogP contribution in [0.3, 0.4) is 0 Å². The summed E-state index contributed by atoms with van der Waals surface area (Å²) >= 11 is 0. The molecule has 0 N–H and O–H groups in total. The molecular weight excluding hydrogens is 374 g/mol. The number of hydrogen-bond acceptors (Lipinski definition) is 4. The Morgan fingerprint density at radius 2 is 1.83 bits per heavy atom. The summed E-state index contributed by atoms with van der Waals surface area (Å²) in [7, 11) is 2.21. The Morgan fingerprint density at radius 1 is 1.07 bits per heavy atom. The molecule has 0 aliphatic carbocycles. The van der Waals surface area contributed by atoms with Crippen molar-refractivity contribution in [3.05, 3.63) is 53.5 Å². The lowest BCUT2D eigenvalue weighted by atomic mass is 9.84. The molecule has 2 aromatic rings. The van der Waals surface area contributed by atoms with Gasteiger partial charge in [-0.25, -0.2) is 0 Å². The van der Waals surface area contributed by atoms with Crippen LogP contribution >= 0.6 is 0 Å². The number of nitrogens with zero attached hydrogens (tertiary/aromatic N) is 3. The molecule has 1 amide bonds. The van der Waals surface area contributed by atoms with E-state index in [0.717, 1.165) is 43.2 Å². The molecule has 0 unspecified atom stereocenters. The zero-order valence-electron chi connectivity index (χ0n) is 18.2. The number of amides is 1. The number of carbonyl (C=O) groups is 1. The molecule has 160 valence electrons. The minimum absolute atomic E-state index is 0.148. The molecule has 5 nitrogen and oxygen atoms in total. The van der Waals surface area contributed by atoms with Crippen LogP contribution in [0.4, 0.5) is 5.69 Å². The molecule has 1 aromatic heterocycles. The van der Waals surface area contributed by atoms with Crippen molar-refractivity contribution < 1.29 is 9.21 Å². The minimum atomic E-state index is 0.148. The summed E-state index contributed by atoms with van der Waals surface area (Å²) in [4.78, 5) is 20.2. The van der Waals surface area contributed by atoms with Gasteiger partial charge in [0, 0.05) is 24.8 Å². The molecule has 0 spiro atoms. The van der Waals surface area contributed by atoms with Crippen LogP contribution in [-0.4, -0.2) is 55.0 Å². The highest BCUT2D eigenvalue weighted by Crippen LogP contribution is 2.35. The van der Waals surface area contributed by atoms with Gasteiger partial charge in [-0.3, -0.25) is 4.79 Å². The van der Waals surface area contributed by atoms with Gasteiger partial charge >= 0.3 is 0 Å². The number of para-hydroxylation sites is 1. The van der Waals surface area contributed by atoms with Crippen LogP contribution in [0.15, 0.2) is 41.0 Å². The molecule has 3 aliphatic heterocycles. The monoisotopic (exact) mass is 407 g/mol. The summed E-state index contributed by atoms with van der Waals surface area (Å²) in [6.45, 7) is 7.06. The molecule has 2 atom stereocenters. The summed E-state index contributed by atoms with van der Waals surface area (Å²) in [5.74, 6) is 2.37. The largest absolute Gasteiger partial charge is 0.467 e. The number of hydrogen-bond donors (Lipinski definition) is 0. The second-order valence-electron chi connectivity index (χ2n) is 9.51. The van der Waals surface area contributed by atoms with E-state index in [1.165, 1.54) is 37.2 Å². The number of piperidine rings is 1. The summed E-state index contributed by atoms with van der Waals surface area (Å²) in [5, 5.41) is 0. The van der Waals surface area contributed by atoms with Crippen molar-refractivity contribution in [1.82, 2.24) is 9.80 Å². The van der Waals surface area contributed by atoms with Crippen LogP contribution in [0.25, 0.3) is 0 Å². The molecule has 5 rings (SSSR count). The number of anilines is 1. The average molecular weight is 408 g/mol. The first-order valence-corrected chi connectivity index (χ1v) is 11.5. The van der Waals surface area contributed by atoms with Gasteiger partial charge in [-0.05, 0) is 82.3 Å². The van der Waals surface area contributed by atoms with Crippen LogP contribution in [0.2, 0.25) is 0 Å². The fraction of sp³-hybridized carbons (Fsp3) is 0.560. The van der Waals surface area contributed by atoms with E-state index in [4.69, 9.17) is 4.42 Å². The molecule has 1 aromatic carbocycles. The molecule has 30 heavy (non-hydrogen) atoms. The Balaban J connectivity index is 1.27.